The standard InChI is InChI=1S/C15H11ClO/c16-14-7-3-5-11-8-10-4-1-2-6-12(10)13(9-17)15(11)14/h1-8,17H,9H2. The van der Waals surface area contributed by atoms with Gasteiger partial charge in [0.2, 0.25) is 0 Å². The summed E-state index contributed by atoms with van der Waals surface area (Å²) in [4.78, 5) is 0. The molecule has 0 fully saturated rings. The molecule has 1 nitrogen and oxygen atoms in total. The summed E-state index contributed by atoms with van der Waals surface area (Å²) in [5.74, 6) is 0. The van der Waals surface area contributed by atoms with Crippen molar-refractivity contribution in [3.63, 3.8) is 0 Å². The molecule has 0 aliphatic carbocycles. The molecule has 0 amide bonds. The van der Waals surface area contributed by atoms with E-state index >= 15 is 0 Å². The van der Waals surface area contributed by atoms with Crippen LogP contribution in [0.2, 0.25) is 5.02 Å². The van der Waals surface area contributed by atoms with Crippen molar-refractivity contribution in [2.45, 2.75) is 6.61 Å². The van der Waals surface area contributed by atoms with Crippen molar-refractivity contribution in [2.75, 3.05) is 0 Å². The monoisotopic (exact) mass is 242 g/mol. The second-order valence-corrected chi connectivity index (χ2v) is 4.48. The zero-order chi connectivity index (χ0) is 11.8. The van der Waals surface area contributed by atoms with Crippen LogP contribution < -0.4 is 0 Å². The average Bonchev–Trinajstić information content (AvgIpc) is 2.36. The lowest BCUT2D eigenvalue weighted by Gasteiger charge is -2.10. The van der Waals surface area contributed by atoms with Crippen molar-refractivity contribution in [2.24, 2.45) is 0 Å². The lowest BCUT2D eigenvalue weighted by Crippen LogP contribution is -1.90. The predicted octanol–water partition coefficient (Wildman–Crippen LogP) is 4.14. The molecule has 0 atom stereocenters. The van der Waals surface area contributed by atoms with Gasteiger partial charge in [-0.05, 0) is 33.9 Å². The minimum absolute atomic E-state index is 0.00157. The van der Waals surface area contributed by atoms with Crippen LogP contribution in [0, 0.1) is 0 Å². The van der Waals surface area contributed by atoms with E-state index in [1.165, 1.54) is 0 Å². The predicted molar refractivity (Wildman–Crippen MR) is 72.4 cm³/mol. The third kappa shape index (κ3) is 1.59. The van der Waals surface area contributed by atoms with Crippen LogP contribution in [0.1, 0.15) is 5.56 Å². The molecule has 0 radical (unpaired) electrons. The highest BCUT2D eigenvalue weighted by Crippen LogP contribution is 2.32. The van der Waals surface area contributed by atoms with Gasteiger partial charge in [0, 0.05) is 10.4 Å². The van der Waals surface area contributed by atoms with Crippen LogP contribution in [0.4, 0.5) is 0 Å². The van der Waals surface area contributed by atoms with E-state index in [0.29, 0.717) is 5.02 Å². The van der Waals surface area contributed by atoms with Crippen molar-refractivity contribution in [1.29, 1.82) is 0 Å². The summed E-state index contributed by atoms with van der Waals surface area (Å²) in [5, 5.41) is 14.5. The molecule has 1 N–H and O–H groups in total. The Bertz CT molecular complexity index is 704. The Morgan fingerprint density at radius 2 is 1.71 bits per heavy atom. The van der Waals surface area contributed by atoms with E-state index in [0.717, 1.165) is 27.1 Å². The molecule has 0 unspecified atom stereocenters. The molecule has 2 heteroatoms. The summed E-state index contributed by atoms with van der Waals surface area (Å²) in [6.07, 6.45) is 0. The second-order valence-electron chi connectivity index (χ2n) is 4.07. The van der Waals surface area contributed by atoms with E-state index in [2.05, 4.69) is 12.1 Å². The van der Waals surface area contributed by atoms with Gasteiger partial charge in [-0.2, -0.15) is 0 Å². The van der Waals surface area contributed by atoms with E-state index in [9.17, 15) is 5.11 Å². The van der Waals surface area contributed by atoms with Crippen LogP contribution in [0.5, 0.6) is 0 Å². The molecule has 0 aromatic heterocycles. The molecule has 3 aromatic carbocycles. The van der Waals surface area contributed by atoms with Gasteiger partial charge in [0.1, 0.15) is 0 Å². The Kier molecular flexibility index (Phi) is 2.50. The van der Waals surface area contributed by atoms with Gasteiger partial charge in [-0.1, -0.05) is 48.0 Å². The van der Waals surface area contributed by atoms with E-state index in [1.54, 1.807) is 0 Å². The lowest BCUT2D eigenvalue weighted by atomic mass is 9.97. The fourth-order valence-corrected chi connectivity index (χ4v) is 2.64. The Balaban J connectivity index is 2.59. The quantitative estimate of drug-likeness (QED) is 0.636. The molecular weight excluding hydrogens is 232 g/mol. The number of aliphatic hydroxyl groups is 1. The summed E-state index contributed by atoms with van der Waals surface area (Å²) in [6, 6.07) is 16.0. The van der Waals surface area contributed by atoms with Crippen LogP contribution >= 0.6 is 11.6 Å². The molecule has 3 rings (SSSR count). The Labute approximate surface area is 104 Å². The first-order valence-corrected chi connectivity index (χ1v) is 5.89. The largest absolute Gasteiger partial charge is 0.392 e. The number of benzene rings is 3. The number of hydrogen-bond acceptors (Lipinski definition) is 1. The van der Waals surface area contributed by atoms with E-state index in [1.807, 2.05) is 36.4 Å². The minimum Gasteiger partial charge on any atom is -0.392 e. The third-order valence-corrected chi connectivity index (χ3v) is 3.42. The van der Waals surface area contributed by atoms with E-state index in [4.69, 9.17) is 11.6 Å². The fourth-order valence-electron chi connectivity index (χ4n) is 2.34. The highest BCUT2D eigenvalue weighted by Gasteiger charge is 2.08. The summed E-state index contributed by atoms with van der Waals surface area (Å²) < 4.78 is 0. The maximum atomic E-state index is 9.60. The molecular formula is C15H11ClO. The van der Waals surface area contributed by atoms with Crippen LogP contribution in [0.15, 0.2) is 48.5 Å². The molecule has 0 saturated heterocycles. The average molecular weight is 243 g/mol. The van der Waals surface area contributed by atoms with Crippen LogP contribution in [-0.4, -0.2) is 5.11 Å². The molecule has 17 heavy (non-hydrogen) atoms. The Morgan fingerprint density at radius 3 is 2.53 bits per heavy atom. The smallest absolute Gasteiger partial charge is 0.0694 e. The van der Waals surface area contributed by atoms with Gasteiger partial charge in [-0.15, -0.1) is 0 Å². The van der Waals surface area contributed by atoms with Gasteiger partial charge >= 0.3 is 0 Å². The Hall–Kier alpha value is -1.57. The first kappa shape index (κ1) is 10.6. The van der Waals surface area contributed by atoms with Crippen molar-refractivity contribution in [1.82, 2.24) is 0 Å². The first-order chi connectivity index (χ1) is 8.31. The zero-order valence-corrected chi connectivity index (χ0v) is 9.91. The molecule has 0 aliphatic heterocycles. The van der Waals surface area contributed by atoms with Crippen LogP contribution in [-0.2, 0) is 6.61 Å². The maximum absolute atomic E-state index is 9.60. The SMILES string of the molecule is OCc1c2ccccc2cc2cccc(Cl)c12. The van der Waals surface area contributed by atoms with Crippen molar-refractivity contribution < 1.29 is 5.11 Å². The number of rotatable bonds is 1. The summed E-state index contributed by atoms with van der Waals surface area (Å²) in [5.41, 5.74) is 0.906. The minimum atomic E-state index is 0.00157. The first-order valence-electron chi connectivity index (χ1n) is 5.51. The fraction of sp³-hybridized carbons (Fsp3) is 0.0667. The molecule has 0 bridgehead atoms. The van der Waals surface area contributed by atoms with Crippen molar-refractivity contribution in [3.8, 4) is 0 Å². The summed E-state index contributed by atoms with van der Waals surface area (Å²) >= 11 is 6.23. The maximum Gasteiger partial charge on any atom is 0.0694 e. The topological polar surface area (TPSA) is 20.2 Å². The van der Waals surface area contributed by atoms with Gasteiger partial charge in [0.05, 0.1) is 6.61 Å². The molecule has 3 aromatic rings. The van der Waals surface area contributed by atoms with E-state index in [-0.39, 0.29) is 6.61 Å². The summed E-state index contributed by atoms with van der Waals surface area (Å²) in [6.45, 7) is 0.00157. The van der Waals surface area contributed by atoms with Gasteiger partial charge in [-0.3, -0.25) is 0 Å². The van der Waals surface area contributed by atoms with Gasteiger partial charge in [0.15, 0.2) is 0 Å². The molecule has 0 aliphatic rings. The third-order valence-electron chi connectivity index (χ3n) is 3.10. The van der Waals surface area contributed by atoms with Crippen LogP contribution in [0.25, 0.3) is 21.5 Å². The molecule has 0 saturated carbocycles. The van der Waals surface area contributed by atoms with E-state index < -0.39 is 0 Å². The second kappa shape index (κ2) is 4.02. The summed E-state index contributed by atoms with van der Waals surface area (Å²) in [7, 11) is 0. The lowest BCUT2D eigenvalue weighted by molar-refractivity contribution is 0.285. The normalized spacial score (nSPS) is 11.2. The van der Waals surface area contributed by atoms with Gasteiger partial charge < -0.3 is 5.11 Å². The zero-order valence-electron chi connectivity index (χ0n) is 9.15. The van der Waals surface area contributed by atoms with Crippen molar-refractivity contribution >= 4 is 33.1 Å². The molecule has 0 heterocycles. The van der Waals surface area contributed by atoms with Crippen molar-refractivity contribution in [3.05, 3.63) is 59.1 Å². The van der Waals surface area contributed by atoms with Gasteiger partial charge in [-0.25, -0.2) is 0 Å². The molecule has 84 valence electrons. The Morgan fingerprint density at radius 1 is 0.941 bits per heavy atom. The number of aliphatic hydroxyl groups excluding tert-OH is 1. The number of halogens is 1. The van der Waals surface area contributed by atoms with Gasteiger partial charge in [0.25, 0.3) is 0 Å². The highest BCUT2D eigenvalue weighted by molar-refractivity contribution is 6.36. The highest BCUT2D eigenvalue weighted by atomic mass is 35.5. The molecule has 0 spiro atoms. The number of fused-ring (bicyclic) bond motifs is 2. The van der Waals surface area contributed by atoms with Crippen LogP contribution in [0.3, 0.4) is 0 Å². The number of hydrogen-bond donors (Lipinski definition) is 1.